The molecule has 0 bridgehead atoms. The van der Waals surface area contributed by atoms with Gasteiger partial charge in [0, 0.05) is 17.5 Å². The van der Waals surface area contributed by atoms with Gasteiger partial charge in [0.15, 0.2) is 0 Å². The van der Waals surface area contributed by atoms with Gasteiger partial charge in [0.05, 0.1) is 0 Å². The van der Waals surface area contributed by atoms with Gasteiger partial charge in [-0.1, -0.05) is 55.5 Å². The number of hydrogen-bond acceptors (Lipinski definition) is 3. The van der Waals surface area contributed by atoms with Gasteiger partial charge in [-0.05, 0) is 68.3 Å². The summed E-state index contributed by atoms with van der Waals surface area (Å²) in [6, 6.07) is 18.8. The molecule has 29 heavy (non-hydrogen) atoms. The first-order valence-electron chi connectivity index (χ1n) is 10.9. The lowest BCUT2D eigenvalue weighted by atomic mass is 9.86. The number of piperidine rings is 1. The van der Waals surface area contributed by atoms with Crippen LogP contribution in [0.1, 0.15) is 60.0 Å². The summed E-state index contributed by atoms with van der Waals surface area (Å²) in [6.45, 7) is 4.35. The van der Waals surface area contributed by atoms with Crippen molar-refractivity contribution in [2.24, 2.45) is 5.92 Å². The summed E-state index contributed by atoms with van der Waals surface area (Å²) in [5.41, 5.74) is 3.07. The van der Waals surface area contributed by atoms with Crippen molar-refractivity contribution in [3.8, 4) is 0 Å². The number of carbonyl (C=O) groups is 2. The largest absolute Gasteiger partial charge is 0.300 e. The SMILES string of the molecule is CCC(CC1Cc2ccccc2C(=O)NC1=O)N1CCC(c2ccccc2)CC1. The minimum atomic E-state index is -0.259. The molecule has 2 aliphatic rings. The molecule has 152 valence electrons. The third kappa shape index (κ3) is 4.43. The lowest BCUT2D eigenvalue weighted by Crippen LogP contribution is -2.44. The smallest absolute Gasteiger partial charge is 0.258 e. The van der Waals surface area contributed by atoms with E-state index >= 15 is 0 Å². The van der Waals surface area contributed by atoms with Crippen molar-refractivity contribution < 1.29 is 9.59 Å². The molecule has 4 nitrogen and oxygen atoms in total. The van der Waals surface area contributed by atoms with Crippen LogP contribution in [0.4, 0.5) is 0 Å². The van der Waals surface area contributed by atoms with E-state index in [2.05, 4.69) is 47.5 Å². The van der Waals surface area contributed by atoms with E-state index in [1.165, 1.54) is 18.4 Å². The molecule has 2 heterocycles. The molecule has 4 rings (SSSR count). The molecule has 2 amide bonds. The quantitative estimate of drug-likeness (QED) is 0.780. The summed E-state index contributed by atoms with van der Waals surface area (Å²) in [7, 11) is 0. The molecule has 0 aliphatic carbocycles. The van der Waals surface area contributed by atoms with Crippen LogP contribution < -0.4 is 5.32 Å². The fourth-order valence-electron chi connectivity index (χ4n) is 4.98. The molecule has 0 spiro atoms. The van der Waals surface area contributed by atoms with E-state index in [0.29, 0.717) is 23.9 Å². The van der Waals surface area contributed by atoms with Crippen molar-refractivity contribution >= 4 is 11.8 Å². The predicted molar refractivity (Wildman–Crippen MR) is 115 cm³/mol. The summed E-state index contributed by atoms with van der Waals surface area (Å²) in [5.74, 6) is 0.101. The molecule has 0 saturated carbocycles. The van der Waals surface area contributed by atoms with Gasteiger partial charge in [0.2, 0.25) is 5.91 Å². The Morgan fingerprint density at radius 2 is 1.69 bits per heavy atom. The highest BCUT2D eigenvalue weighted by molar-refractivity contribution is 6.07. The summed E-state index contributed by atoms with van der Waals surface area (Å²) in [5, 5.41) is 2.61. The van der Waals surface area contributed by atoms with Crippen LogP contribution in [0, 0.1) is 5.92 Å². The predicted octanol–water partition coefficient (Wildman–Crippen LogP) is 4.16. The molecule has 1 saturated heterocycles. The van der Waals surface area contributed by atoms with Gasteiger partial charge in [-0.15, -0.1) is 0 Å². The zero-order chi connectivity index (χ0) is 20.2. The van der Waals surface area contributed by atoms with E-state index in [0.717, 1.165) is 31.5 Å². The second kappa shape index (κ2) is 8.91. The molecule has 2 aromatic rings. The van der Waals surface area contributed by atoms with Crippen LogP contribution in [0.5, 0.6) is 0 Å². The summed E-state index contributed by atoms with van der Waals surface area (Å²) < 4.78 is 0. The Labute approximate surface area is 173 Å². The molecule has 1 N–H and O–H groups in total. The van der Waals surface area contributed by atoms with E-state index < -0.39 is 0 Å². The molecular formula is C25H30N2O2. The van der Waals surface area contributed by atoms with Crippen LogP contribution in [0.15, 0.2) is 54.6 Å². The van der Waals surface area contributed by atoms with Gasteiger partial charge in [0.1, 0.15) is 0 Å². The Bertz CT molecular complexity index is 856. The van der Waals surface area contributed by atoms with Crippen molar-refractivity contribution in [2.75, 3.05) is 13.1 Å². The normalized spacial score (nSPS) is 21.9. The van der Waals surface area contributed by atoms with Gasteiger partial charge in [-0.25, -0.2) is 0 Å². The first-order chi connectivity index (χ1) is 14.2. The first-order valence-corrected chi connectivity index (χ1v) is 10.9. The van der Waals surface area contributed by atoms with Gasteiger partial charge < -0.3 is 4.90 Å². The Morgan fingerprint density at radius 1 is 1.00 bits per heavy atom. The van der Waals surface area contributed by atoms with E-state index in [1.54, 1.807) is 0 Å². The van der Waals surface area contributed by atoms with Gasteiger partial charge in [-0.3, -0.25) is 14.9 Å². The summed E-state index contributed by atoms with van der Waals surface area (Å²) >= 11 is 0. The summed E-state index contributed by atoms with van der Waals surface area (Å²) in [6.07, 6.45) is 4.80. The molecule has 2 aromatic carbocycles. The van der Waals surface area contributed by atoms with E-state index in [4.69, 9.17) is 0 Å². The zero-order valence-corrected chi connectivity index (χ0v) is 17.1. The van der Waals surface area contributed by atoms with Crippen LogP contribution in [0.2, 0.25) is 0 Å². The number of hydrogen-bond donors (Lipinski definition) is 1. The molecular weight excluding hydrogens is 360 g/mol. The highest BCUT2D eigenvalue weighted by Gasteiger charge is 2.32. The number of likely N-dealkylation sites (tertiary alicyclic amines) is 1. The number of fused-ring (bicyclic) bond motifs is 1. The first kappa shape index (κ1) is 19.8. The Hall–Kier alpha value is -2.46. The maximum Gasteiger partial charge on any atom is 0.258 e. The van der Waals surface area contributed by atoms with Crippen molar-refractivity contribution in [2.45, 2.75) is 51.0 Å². The van der Waals surface area contributed by atoms with Gasteiger partial charge >= 0.3 is 0 Å². The molecule has 2 aliphatic heterocycles. The molecule has 0 radical (unpaired) electrons. The maximum absolute atomic E-state index is 12.7. The maximum atomic E-state index is 12.7. The van der Waals surface area contributed by atoms with Crippen molar-refractivity contribution in [3.05, 3.63) is 71.3 Å². The Morgan fingerprint density at radius 3 is 2.41 bits per heavy atom. The number of benzene rings is 2. The number of nitrogens with zero attached hydrogens (tertiary/aromatic N) is 1. The van der Waals surface area contributed by atoms with Crippen molar-refractivity contribution in [1.82, 2.24) is 10.2 Å². The average Bonchev–Trinajstić information content (AvgIpc) is 2.88. The fourth-order valence-corrected chi connectivity index (χ4v) is 4.98. The lowest BCUT2D eigenvalue weighted by Gasteiger charge is -2.38. The third-order valence-electron chi connectivity index (χ3n) is 6.68. The highest BCUT2D eigenvalue weighted by atomic mass is 16.2. The Kier molecular flexibility index (Phi) is 6.10. The third-order valence-corrected chi connectivity index (χ3v) is 6.68. The standard InChI is InChI=1S/C25H30N2O2/c1-2-22(27-14-12-19(13-15-27)18-8-4-3-5-9-18)17-21-16-20-10-6-7-11-23(20)25(29)26-24(21)28/h3-11,19,21-22H,2,12-17H2,1H3,(H,26,28,29). The lowest BCUT2D eigenvalue weighted by molar-refractivity contribution is -0.124. The molecule has 4 heteroatoms. The molecule has 2 unspecified atom stereocenters. The topological polar surface area (TPSA) is 49.4 Å². The van der Waals surface area contributed by atoms with E-state index in [-0.39, 0.29) is 17.7 Å². The van der Waals surface area contributed by atoms with Crippen molar-refractivity contribution in [3.63, 3.8) is 0 Å². The zero-order valence-electron chi connectivity index (χ0n) is 17.1. The number of nitrogens with one attached hydrogen (secondary N) is 1. The van der Waals surface area contributed by atoms with Gasteiger partial charge in [0.25, 0.3) is 5.91 Å². The van der Waals surface area contributed by atoms with Crippen molar-refractivity contribution in [1.29, 1.82) is 0 Å². The average molecular weight is 391 g/mol. The Balaban J connectivity index is 1.41. The van der Waals surface area contributed by atoms with E-state index in [1.807, 2.05) is 24.3 Å². The number of imide groups is 1. The van der Waals surface area contributed by atoms with Crippen LogP contribution in [-0.4, -0.2) is 35.8 Å². The fraction of sp³-hybridized carbons (Fsp3) is 0.440. The van der Waals surface area contributed by atoms with E-state index in [9.17, 15) is 9.59 Å². The minimum Gasteiger partial charge on any atom is -0.300 e. The second-order valence-corrected chi connectivity index (χ2v) is 8.40. The number of rotatable bonds is 5. The number of amides is 2. The molecule has 1 fully saturated rings. The monoisotopic (exact) mass is 390 g/mol. The minimum absolute atomic E-state index is 0.121. The molecule has 2 atom stereocenters. The van der Waals surface area contributed by atoms with Crippen LogP contribution in [0.3, 0.4) is 0 Å². The van der Waals surface area contributed by atoms with Gasteiger partial charge in [-0.2, -0.15) is 0 Å². The van der Waals surface area contributed by atoms with Crippen LogP contribution >= 0.6 is 0 Å². The number of carbonyl (C=O) groups excluding carboxylic acids is 2. The second-order valence-electron chi connectivity index (χ2n) is 8.40. The summed E-state index contributed by atoms with van der Waals surface area (Å²) in [4.78, 5) is 27.6. The highest BCUT2D eigenvalue weighted by Crippen LogP contribution is 2.31. The van der Waals surface area contributed by atoms with Crippen LogP contribution in [-0.2, 0) is 11.2 Å². The molecule has 0 aromatic heterocycles. The van der Waals surface area contributed by atoms with Crippen LogP contribution in [0.25, 0.3) is 0 Å².